The van der Waals surface area contributed by atoms with Crippen molar-refractivity contribution in [2.24, 2.45) is 5.92 Å². The van der Waals surface area contributed by atoms with Crippen LogP contribution in [0.15, 0.2) is 11.6 Å². The third kappa shape index (κ3) is 6.17. The van der Waals surface area contributed by atoms with Gasteiger partial charge in [-0.3, -0.25) is 0 Å². The van der Waals surface area contributed by atoms with Crippen LogP contribution in [-0.2, 0) is 4.74 Å². The maximum Gasteiger partial charge on any atom is 0.410 e. The summed E-state index contributed by atoms with van der Waals surface area (Å²) >= 11 is 0. The van der Waals surface area contributed by atoms with Gasteiger partial charge in [-0.15, -0.1) is 0 Å². The van der Waals surface area contributed by atoms with Crippen molar-refractivity contribution >= 4 is 6.09 Å². The van der Waals surface area contributed by atoms with Crippen LogP contribution >= 0.6 is 0 Å². The molecule has 1 fully saturated rings. The Hall–Kier alpha value is -1.03. The lowest BCUT2D eigenvalue weighted by atomic mass is 9.84. The molecule has 4 nitrogen and oxygen atoms in total. The smallest absolute Gasteiger partial charge is 0.410 e. The minimum absolute atomic E-state index is 0.196. The third-order valence-corrected chi connectivity index (χ3v) is 5.00. The van der Waals surface area contributed by atoms with Gasteiger partial charge in [-0.05, 0) is 58.8 Å². The van der Waals surface area contributed by atoms with Crippen molar-refractivity contribution in [1.29, 1.82) is 0 Å². The summed E-state index contributed by atoms with van der Waals surface area (Å²) in [5, 5.41) is 3.72. The van der Waals surface area contributed by atoms with Gasteiger partial charge in [-0.1, -0.05) is 25.0 Å². The first-order valence-corrected chi connectivity index (χ1v) is 9.26. The molecule has 0 saturated heterocycles. The molecule has 1 aliphatic heterocycles. The Morgan fingerprint density at radius 1 is 1.30 bits per heavy atom. The van der Waals surface area contributed by atoms with Crippen LogP contribution in [0, 0.1) is 5.92 Å². The van der Waals surface area contributed by atoms with E-state index in [0.29, 0.717) is 12.6 Å². The molecule has 1 heterocycles. The summed E-state index contributed by atoms with van der Waals surface area (Å²) in [6.07, 6.45) is 9.66. The maximum absolute atomic E-state index is 12.0. The standard InChI is InChI=1S/C19H34N2O2/c1-5-15-6-8-17(9-7-15)20-14-16-10-12-21(13-11-16)18(22)23-19(2,3)4/h10,15,17,20H,5-9,11-14H2,1-4H3. The van der Waals surface area contributed by atoms with Crippen molar-refractivity contribution in [2.45, 2.75) is 77.9 Å². The first kappa shape index (κ1) is 18.3. The van der Waals surface area contributed by atoms with Gasteiger partial charge in [-0.25, -0.2) is 4.79 Å². The number of ether oxygens (including phenoxy) is 1. The molecule has 0 aromatic heterocycles. The zero-order valence-corrected chi connectivity index (χ0v) is 15.4. The monoisotopic (exact) mass is 322 g/mol. The van der Waals surface area contributed by atoms with E-state index in [1.807, 2.05) is 20.8 Å². The zero-order valence-electron chi connectivity index (χ0n) is 15.4. The average molecular weight is 322 g/mol. The highest BCUT2D eigenvalue weighted by atomic mass is 16.6. The first-order valence-electron chi connectivity index (χ1n) is 9.26. The van der Waals surface area contributed by atoms with E-state index in [-0.39, 0.29) is 6.09 Å². The highest BCUT2D eigenvalue weighted by molar-refractivity contribution is 5.68. The maximum atomic E-state index is 12.0. The number of amides is 1. The summed E-state index contributed by atoms with van der Waals surface area (Å²) in [6.45, 7) is 10.5. The minimum atomic E-state index is -0.417. The molecule has 0 spiro atoms. The highest BCUT2D eigenvalue weighted by Crippen LogP contribution is 2.26. The van der Waals surface area contributed by atoms with E-state index >= 15 is 0 Å². The van der Waals surface area contributed by atoms with Crippen LogP contribution in [0.1, 0.15) is 66.2 Å². The van der Waals surface area contributed by atoms with Gasteiger partial charge in [0.05, 0.1) is 0 Å². The fraction of sp³-hybridized carbons (Fsp3) is 0.842. The number of hydrogen-bond acceptors (Lipinski definition) is 3. The number of nitrogens with one attached hydrogen (secondary N) is 1. The lowest BCUT2D eigenvalue weighted by molar-refractivity contribution is 0.0265. The molecule has 1 amide bonds. The Bertz CT molecular complexity index is 418. The summed E-state index contributed by atoms with van der Waals surface area (Å²) in [4.78, 5) is 13.8. The van der Waals surface area contributed by atoms with Crippen molar-refractivity contribution in [1.82, 2.24) is 10.2 Å². The quantitative estimate of drug-likeness (QED) is 0.792. The molecule has 0 aromatic rings. The Labute approximate surface area is 141 Å². The molecule has 0 unspecified atom stereocenters. The number of hydrogen-bond donors (Lipinski definition) is 1. The van der Waals surface area contributed by atoms with Crippen molar-refractivity contribution < 1.29 is 9.53 Å². The predicted octanol–water partition coefficient (Wildman–Crippen LogP) is 4.11. The van der Waals surface area contributed by atoms with Crippen LogP contribution in [-0.4, -0.2) is 42.3 Å². The molecular formula is C19H34N2O2. The molecule has 0 aromatic carbocycles. The van der Waals surface area contributed by atoms with Crippen LogP contribution in [0.25, 0.3) is 0 Å². The highest BCUT2D eigenvalue weighted by Gasteiger charge is 2.24. The predicted molar refractivity (Wildman–Crippen MR) is 94.5 cm³/mol. The molecule has 4 heteroatoms. The van der Waals surface area contributed by atoms with E-state index in [1.54, 1.807) is 4.90 Å². The van der Waals surface area contributed by atoms with Gasteiger partial charge in [-0.2, -0.15) is 0 Å². The van der Waals surface area contributed by atoms with E-state index < -0.39 is 5.60 Å². The number of nitrogens with zero attached hydrogens (tertiary/aromatic N) is 1. The second-order valence-corrected chi connectivity index (χ2v) is 8.05. The Kier molecular flexibility index (Phi) is 6.51. The molecule has 1 N–H and O–H groups in total. The summed E-state index contributed by atoms with van der Waals surface area (Å²) in [7, 11) is 0. The molecule has 132 valence electrons. The van der Waals surface area contributed by atoms with Crippen LogP contribution in [0.4, 0.5) is 4.79 Å². The van der Waals surface area contributed by atoms with Crippen LogP contribution in [0.5, 0.6) is 0 Å². The number of carbonyl (C=O) groups excluding carboxylic acids is 1. The van der Waals surface area contributed by atoms with Gasteiger partial charge < -0.3 is 15.0 Å². The third-order valence-electron chi connectivity index (χ3n) is 5.00. The topological polar surface area (TPSA) is 41.6 Å². The molecular weight excluding hydrogens is 288 g/mol. The first-order chi connectivity index (χ1) is 10.9. The second kappa shape index (κ2) is 8.18. The van der Waals surface area contributed by atoms with Gasteiger partial charge in [0, 0.05) is 25.7 Å². The number of carbonyl (C=O) groups is 1. The summed E-state index contributed by atoms with van der Waals surface area (Å²) in [6, 6.07) is 0.683. The molecule has 2 rings (SSSR count). The summed E-state index contributed by atoms with van der Waals surface area (Å²) < 4.78 is 5.43. The lowest BCUT2D eigenvalue weighted by Crippen LogP contribution is -2.40. The lowest BCUT2D eigenvalue weighted by Gasteiger charge is -2.31. The summed E-state index contributed by atoms with van der Waals surface area (Å²) in [5.41, 5.74) is 1.02. The summed E-state index contributed by atoms with van der Waals surface area (Å²) in [5.74, 6) is 0.948. The molecule has 23 heavy (non-hydrogen) atoms. The average Bonchev–Trinajstić information content (AvgIpc) is 2.52. The van der Waals surface area contributed by atoms with E-state index in [0.717, 1.165) is 25.4 Å². The van der Waals surface area contributed by atoms with Gasteiger partial charge in [0.1, 0.15) is 5.60 Å². The SMILES string of the molecule is CCC1CCC(NCC2=CCN(C(=O)OC(C)(C)C)CC2)CC1. The normalized spacial score (nSPS) is 25.9. The molecule has 0 bridgehead atoms. The Morgan fingerprint density at radius 2 is 2.00 bits per heavy atom. The van der Waals surface area contributed by atoms with E-state index in [1.165, 1.54) is 37.7 Å². The van der Waals surface area contributed by atoms with Crippen LogP contribution in [0.3, 0.4) is 0 Å². The van der Waals surface area contributed by atoms with Gasteiger partial charge in [0.25, 0.3) is 0 Å². The molecule has 2 aliphatic rings. The van der Waals surface area contributed by atoms with Gasteiger partial charge in [0.2, 0.25) is 0 Å². The van der Waals surface area contributed by atoms with E-state index in [4.69, 9.17) is 4.74 Å². The fourth-order valence-corrected chi connectivity index (χ4v) is 3.41. The molecule has 0 radical (unpaired) electrons. The molecule has 0 atom stereocenters. The van der Waals surface area contributed by atoms with Crippen molar-refractivity contribution in [3.8, 4) is 0 Å². The van der Waals surface area contributed by atoms with Crippen molar-refractivity contribution in [3.63, 3.8) is 0 Å². The Balaban J connectivity index is 1.70. The largest absolute Gasteiger partial charge is 0.444 e. The second-order valence-electron chi connectivity index (χ2n) is 8.05. The van der Waals surface area contributed by atoms with E-state index in [2.05, 4.69) is 18.3 Å². The van der Waals surface area contributed by atoms with E-state index in [9.17, 15) is 4.79 Å². The Morgan fingerprint density at radius 3 is 2.52 bits per heavy atom. The minimum Gasteiger partial charge on any atom is -0.444 e. The van der Waals surface area contributed by atoms with Crippen LogP contribution < -0.4 is 5.32 Å². The molecule has 1 aliphatic carbocycles. The zero-order chi connectivity index (χ0) is 16.9. The van der Waals surface area contributed by atoms with Gasteiger partial charge in [0.15, 0.2) is 0 Å². The van der Waals surface area contributed by atoms with Crippen LogP contribution in [0.2, 0.25) is 0 Å². The van der Waals surface area contributed by atoms with Gasteiger partial charge >= 0.3 is 6.09 Å². The van der Waals surface area contributed by atoms with Crippen molar-refractivity contribution in [2.75, 3.05) is 19.6 Å². The number of rotatable bonds is 4. The van der Waals surface area contributed by atoms with Crippen molar-refractivity contribution in [3.05, 3.63) is 11.6 Å². The molecule has 1 saturated carbocycles. The fourth-order valence-electron chi connectivity index (χ4n) is 3.41.